The highest BCUT2D eigenvalue weighted by atomic mass is 16.4. The van der Waals surface area contributed by atoms with Crippen molar-refractivity contribution in [2.45, 2.75) is 19.8 Å². The van der Waals surface area contributed by atoms with Crippen molar-refractivity contribution in [2.75, 3.05) is 6.54 Å². The second kappa shape index (κ2) is 4.59. The van der Waals surface area contributed by atoms with Crippen molar-refractivity contribution in [1.82, 2.24) is 0 Å². The van der Waals surface area contributed by atoms with Gasteiger partial charge in [-0.25, -0.2) is 0 Å². The molecule has 3 heteroatoms. The summed E-state index contributed by atoms with van der Waals surface area (Å²) in [4.78, 5) is 0. The van der Waals surface area contributed by atoms with Crippen LogP contribution in [0.5, 0.6) is 0 Å². The van der Waals surface area contributed by atoms with Gasteiger partial charge >= 0.3 is 0 Å². The number of rotatable bonds is 3. The molecule has 0 aliphatic rings. The summed E-state index contributed by atoms with van der Waals surface area (Å²) < 4.78 is 0. The zero-order valence-electron chi connectivity index (χ0n) is 5.09. The molecule has 0 bridgehead atoms. The fourth-order valence-corrected chi connectivity index (χ4v) is 0.408. The lowest BCUT2D eigenvalue weighted by molar-refractivity contribution is 0.317. The summed E-state index contributed by atoms with van der Waals surface area (Å²) in [6.07, 6.45) is 1.70. The Labute approximate surface area is 49.2 Å². The van der Waals surface area contributed by atoms with Crippen LogP contribution in [0.15, 0.2) is 5.16 Å². The van der Waals surface area contributed by atoms with Crippen LogP contribution in [0.4, 0.5) is 0 Å². The molecular weight excluding hydrogens is 104 g/mol. The fourth-order valence-electron chi connectivity index (χ4n) is 0.408. The first kappa shape index (κ1) is 7.43. The zero-order valence-corrected chi connectivity index (χ0v) is 5.09. The van der Waals surface area contributed by atoms with Gasteiger partial charge in [-0.1, -0.05) is 5.16 Å². The maximum absolute atomic E-state index is 8.11. The van der Waals surface area contributed by atoms with Crippen molar-refractivity contribution in [3.8, 4) is 0 Å². The van der Waals surface area contributed by atoms with Crippen molar-refractivity contribution in [3.05, 3.63) is 0 Å². The predicted octanol–water partition coefficient (Wildman–Crippen LogP) is 0.575. The molecule has 0 aromatic carbocycles. The molecule has 0 aliphatic heterocycles. The van der Waals surface area contributed by atoms with Crippen molar-refractivity contribution in [3.63, 3.8) is 0 Å². The Bertz CT molecular complexity index is 80.5. The van der Waals surface area contributed by atoms with Crippen LogP contribution < -0.4 is 5.73 Å². The third-order valence-corrected chi connectivity index (χ3v) is 0.913. The minimum atomic E-state index is 0.660. The molecule has 0 spiro atoms. The topological polar surface area (TPSA) is 58.6 Å². The van der Waals surface area contributed by atoms with Gasteiger partial charge in [0.25, 0.3) is 0 Å². The van der Waals surface area contributed by atoms with Crippen molar-refractivity contribution in [2.24, 2.45) is 10.9 Å². The summed E-state index contributed by atoms with van der Waals surface area (Å²) in [5.41, 5.74) is 5.94. The Morgan fingerprint density at radius 1 is 1.75 bits per heavy atom. The molecule has 0 heterocycles. The highest BCUT2D eigenvalue weighted by Crippen LogP contribution is 1.88. The van der Waals surface area contributed by atoms with Gasteiger partial charge in [-0.2, -0.15) is 0 Å². The highest BCUT2D eigenvalue weighted by molar-refractivity contribution is 5.81. The number of nitrogens with zero attached hydrogens (tertiary/aromatic N) is 1. The molecule has 0 saturated carbocycles. The van der Waals surface area contributed by atoms with Gasteiger partial charge in [-0.15, -0.1) is 0 Å². The van der Waals surface area contributed by atoms with E-state index in [9.17, 15) is 0 Å². The molecule has 3 nitrogen and oxygen atoms in total. The van der Waals surface area contributed by atoms with Crippen LogP contribution in [0.3, 0.4) is 0 Å². The van der Waals surface area contributed by atoms with E-state index in [4.69, 9.17) is 10.9 Å². The third kappa shape index (κ3) is 3.61. The normalized spacial score (nSPS) is 12.0. The lowest BCUT2D eigenvalue weighted by Gasteiger charge is -1.91. The molecule has 3 N–H and O–H groups in total. The van der Waals surface area contributed by atoms with Crippen LogP contribution in [0.1, 0.15) is 19.8 Å². The standard InChI is InChI=1S/C5H12N2O/c1-5(7-8)3-2-4-6/h8H,2-4,6H2,1H3/b7-5+. The molecule has 0 amide bonds. The second-order valence-corrected chi connectivity index (χ2v) is 1.73. The second-order valence-electron chi connectivity index (χ2n) is 1.73. The van der Waals surface area contributed by atoms with Crippen LogP contribution in [-0.4, -0.2) is 17.5 Å². The molecule has 0 aromatic heterocycles. The molecule has 0 unspecified atom stereocenters. The Morgan fingerprint density at radius 3 is 2.75 bits per heavy atom. The first-order valence-electron chi connectivity index (χ1n) is 2.69. The van der Waals surface area contributed by atoms with Crippen LogP contribution in [0.25, 0.3) is 0 Å². The van der Waals surface area contributed by atoms with Gasteiger partial charge in [-0.05, 0) is 26.3 Å². The van der Waals surface area contributed by atoms with Crippen LogP contribution >= 0.6 is 0 Å². The van der Waals surface area contributed by atoms with Gasteiger partial charge in [0.1, 0.15) is 0 Å². The first-order chi connectivity index (χ1) is 3.81. The van der Waals surface area contributed by atoms with Crippen LogP contribution in [0, 0.1) is 0 Å². The zero-order chi connectivity index (χ0) is 6.41. The van der Waals surface area contributed by atoms with E-state index in [-0.39, 0.29) is 0 Å². The third-order valence-electron chi connectivity index (χ3n) is 0.913. The molecule has 48 valence electrons. The van der Waals surface area contributed by atoms with Crippen molar-refractivity contribution in [1.29, 1.82) is 0 Å². The number of oxime groups is 1. The predicted molar refractivity (Wildman–Crippen MR) is 33.2 cm³/mol. The van der Waals surface area contributed by atoms with E-state index in [0.717, 1.165) is 18.6 Å². The maximum atomic E-state index is 8.11. The number of hydrogen-bond acceptors (Lipinski definition) is 3. The Balaban J connectivity index is 3.12. The summed E-state index contributed by atoms with van der Waals surface area (Å²) >= 11 is 0. The molecule has 0 saturated heterocycles. The molecule has 0 atom stereocenters. The van der Waals surface area contributed by atoms with E-state index in [0.29, 0.717) is 6.54 Å². The van der Waals surface area contributed by atoms with E-state index in [1.165, 1.54) is 0 Å². The van der Waals surface area contributed by atoms with Gasteiger partial charge in [0.05, 0.1) is 5.71 Å². The van der Waals surface area contributed by atoms with Crippen LogP contribution in [-0.2, 0) is 0 Å². The molecule has 8 heavy (non-hydrogen) atoms. The number of hydrogen-bond donors (Lipinski definition) is 2. The molecule has 0 fully saturated rings. The van der Waals surface area contributed by atoms with E-state index >= 15 is 0 Å². The van der Waals surface area contributed by atoms with Gasteiger partial charge in [0, 0.05) is 0 Å². The Morgan fingerprint density at radius 2 is 2.38 bits per heavy atom. The lowest BCUT2D eigenvalue weighted by Crippen LogP contribution is -2.01. The summed E-state index contributed by atoms with van der Waals surface area (Å²) in [6, 6.07) is 0. The van der Waals surface area contributed by atoms with Gasteiger partial charge in [-0.3, -0.25) is 0 Å². The quantitative estimate of drug-likeness (QED) is 0.322. The maximum Gasteiger partial charge on any atom is 0.0540 e. The van der Waals surface area contributed by atoms with Gasteiger partial charge < -0.3 is 10.9 Å². The highest BCUT2D eigenvalue weighted by Gasteiger charge is 1.87. The summed E-state index contributed by atoms with van der Waals surface area (Å²) in [7, 11) is 0. The Hall–Kier alpha value is -0.570. The smallest absolute Gasteiger partial charge is 0.0540 e. The minimum Gasteiger partial charge on any atom is -0.411 e. The average molecular weight is 116 g/mol. The van der Waals surface area contributed by atoms with E-state index in [1.54, 1.807) is 6.92 Å². The lowest BCUT2D eigenvalue weighted by atomic mass is 10.2. The summed E-state index contributed by atoms with van der Waals surface area (Å²) in [5.74, 6) is 0. The molecule has 0 aromatic rings. The van der Waals surface area contributed by atoms with Gasteiger partial charge in [0.15, 0.2) is 0 Å². The molecular formula is C5H12N2O. The van der Waals surface area contributed by atoms with Crippen molar-refractivity contribution >= 4 is 5.71 Å². The Kier molecular flexibility index (Phi) is 4.26. The number of nitrogens with two attached hydrogens (primary N) is 1. The van der Waals surface area contributed by atoms with Gasteiger partial charge in [0.2, 0.25) is 0 Å². The van der Waals surface area contributed by atoms with Crippen LogP contribution in [0.2, 0.25) is 0 Å². The monoisotopic (exact) mass is 116 g/mol. The first-order valence-corrected chi connectivity index (χ1v) is 2.69. The van der Waals surface area contributed by atoms with E-state index in [2.05, 4.69) is 5.16 Å². The minimum absolute atomic E-state index is 0.660. The average Bonchev–Trinajstić information content (AvgIpc) is 1.83. The fraction of sp³-hybridized carbons (Fsp3) is 0.800. The van der Waals surface area contributed by atoms with Crippen molar-refractivity contribution < 1.29 is 5.21 Å². The summed E-state index contributed by atoms with van der Waals surface area (Å²) in [6.45, 7) is 2.43. The SMILES string of the molecule is C/C(CCCN)=N\O. The molecule has 0 aliphatic carbocycles. The summed E-state index contributed by atoms with van der Waals surface area (Å²) in [5, 5.41) is 11.1. The molecule has 0 radical (unpaired) electrons. The molecule has 0 rings (SSSR count). The largest absolute Gasteiger partial charge is 0.411 e. The van der Waals surface area contributed by atoms with E-state index < -0.39 is 0 Å². The van der Waals surface area contributed by atoms with E-state index in [1.807, 2.05) is 0 Å².